The molecule has 0 saturated heterocycles. The SMILES string of the molecule is CC[C@]12[C@@H]3C(=O)c4cc(OC)cc(OC)c4C1(c1ccccc1)C2(C)c1ccccc13. The van der Waals surface area contributed by atoms with Crippen LogP contribution in [0.15, 0.2) is 66.7 Å². The fourth-order valence-electron chi connectivity index (χ4n) is 7.89. The number of hydrogen-bond donors (Lipinski definition) is 0. The monoisotopic (exact) mass is 410 g/mol. The molecule has 0 aliphatic heterocycles. The van der Waals surface area contributed by atoms with E-state index >= 15 is 0 Å². The fourth-order valence-corrected chi connectivity index (χ4v) is 7.89. The van der Waals surface area contributed by atoms with Gasteiger partial charge >= 0.3 is 0 Å². The predicted octanol–water partition coefficient (Wildman–Crippen LogP) is 5.65. The highest BCUT2D eigenvalue weighted by Gasteiger charge is 2.93. The van der Waals surface area contributed by atoms with E-state index in [2.05, 4.69) is 68.4 Å². The van der Waals surface area contributed by atoms with E-state index in [4.69, 9.17) is 9.47 Å². The van der Waals surface area contributed by atoms with E-state index in [1.165, 1.54) is 16.7 Å². The maximum atomic E-state index is 14.2. The normalized spacial score (nSPS) is 31.5. The minimum absolute atomic E-state index is 0.164. The Labute approximate surface area is 183 Å². The molecule has 0 spiro atoms. The Balaban J connectivity index is 1.82. The molecule has 3 aromatic rings. The van der Waals surface area contributed by atoms with Crippen molar-refractivity contribution in [3.05, 3.63) is 94.5 Å². The molecule has 1 saturated carbocycles. The number of ketones is 1. The van der Waals surface area contributed by atoms with Gasteiger partial charge in [-0.15, -0.1) is 0 Å². The van der Waals surface area contributed by atoms with Crippen LogP contribution < -0.4 is 9.47 Å². The summed E-state index contributed by atoms with van der Waals surface area (Å²) in [5.41, 5.74) is 4.80. The fraction of sp³-hybridized carbons (Fsp3) is 0.321. The molecule has 0 aromatic heterocycles. The summed E-state index contributed by atoms with van der Waals surface area (Å²) in [6.45, 7) is 4.62. The lowest BCUT2D eigenvalue weighted by molar-refractivity contribution is 0.0891. The smallest absolute Gasteiger partial charge is 0.171 e. The zero-order valence-corrected chi connectivity index (χ0v) is 18.4. The van der Waals surface area contributed by atoms with Gasteiger partial charge in [0.25, 0.3) is 0 Å². The van der Waals surface area contributed by atoms with Crippen molar-refractivity contribution >= 4 is 5.78 Å². The number of rotatable bonds is 4. The van der Waals surface area contributed by atoms with E-state index in [0.29, 0.717) is 5.75 Å². The van der Waals surface area contributed by atoms with Crippen LogP contribution in [0, 0.1) is 5.41 Å². The van der Waals surface area contributed by atoms with Gasteiger partial charge < -0.3 is 9.47 Å². The topological polar surface area (TPSA) is 35.5 Å². The van der Waals surface area contributed by atoms with E-state index in [1.54, 1.807) is 14.2 Å². The van der Waals surface area contributed by atoms with Crippen molar-refractivity contribution in [2.45, 2.75) is 37.0 Å². The van der Waals surface area contributed by atoms with Crippen molar-refractivity contribution in [3.8, 4) is 11.5 Å². The Morgan fingerprint density at radius 3 is 2.32 bits per heavy atom. The second-order valence-corrected chi connectivity index (χ2v) is 9.20. The molecule has 2 unspecified atom stereocenters. The number of benzene rings is 3. The van der Waals surface area contributed by atoms with Crippen LogP contribution in [0.1, 0.15) is 58.8 Å². The Morgan fingerprint density at radius 1 is 0.935 bits per heavy atom. The van der Waals surface area contributed by atoms with Crippen LogP contribution in [-0.2, 0) is 10.8 Å². The van der Waals surface area contributed by atoms with Crippen molar-refractivity contribution in [3.63, 3.8) is 0 Å². The van der Waals surface area contributed by atoms with Crippen LogP contribution in [-0.4, -0.2) is 20.0 Å². The number of carbonyl (C=O) groups is 1. The summed E-state index contributed by atoms with van der Waals surface area (Å²) >= 11 is 0. The molecular weight excluding hydrogens is 384 g/mol. The van der Waals surface area contributed by atoms with Gasteiger partial charge in [-0.2, -0.15) is 0 Å². The van der Waals surface area contributed by atoms with E-state index in [0.717, 1.165) is 23.3 Å². The summed E-state index contributed by atoms with van der Waals surface area (Å²) in [6, 6.07) is 23.2. The first-order chi connectivity index (χ1) is 15.0. The van der Waals surface area contributed by atoms with Crippen LogP contribution in [0.5, 0.6) is 11.5 Å². The molecule has 3 aromatic carbocycles. The summed E-state index contributed by atoms with van der Waals surface area (Å²) in [5, 5.41) is 0. The molecule has 4 atom stereocenters. The van der Waals surface area contributed by atoms with Gasteiger partial charge in [-0.1, -0.05) is 68.4 Å². The molecule has 3 heteroatoms. The zero-order valence-electron chi connectivity index (χ0n) is 18.4. The number of hydrogen-bond acceptors (Lipinski definition) is 3. The van der Waals surface area contributed by atoms with Gasteiger partial charge in [-0.3, -0.25) is 4.79 Å². The van der Waals surface area contributed by atoms with E-state index in [9.17, 15) is 4.79 Å². The van der Waals surface area contributed by atoms with Crippen molar-refractivity contribution in [1.29, 1.82) is 0 Å². The molecule has 31 heavy (non-hydrogen) atoms. The third-order valence-corrected chi connectivity index (χ3v) is 8.75. The van der Waals surface area contributed by atoms with Crippen molar-refractivity contribution in [1.82, 2.24) is 0 Å². The maximum absolute atomic E-state index is 14.2. The lowest BCUT2D eigenvalue weighted by atomic mass is 9.62. The zero-order chi connectivity index (χ0) is 21.6. The minimum Gasteiger partial charge on any atom is -0.497 e. The third kappa shape index (κ3) is 1.68. The molecular formula is C28H26O3. The highest BCUT2D eigenvalue weighted by atomic mass is 16.5. The van der Waals surface area contributed by atoms with Crippen molar-refractivity contribution in [2.75, 3.05) is 14.2 Å². The average molecular weight is 411 g/mol. The summed E-state index contributed by atoms with van der Waals surface area (Å²) in [7, 11) is 3.33. The van der Waals surface area contributed by atoms with Crippen molar-refractivity contribution < 1.29 is 14.3 Å². The van der Waals surface area contributed by atoms with Crippen LogP contribution in [0.2, 0.25) is 0 Å². The van der Waals surface area contributed by atoms with Gasteiger partial charge in [0.2, 0.25) is 0 Å². The first-order valence-corrected chi connectivity index (χ1v) is 11.0. The van der Waals surface area contributed by atoms with Crippen LogP contribution >= 0.6 is 0 Å². The standard InChI is InChI=1S/C28H26O3/c1-5-27-24-19-13-9-10-14-21(19)26(27,2)28(27,17-11-7-6-8-12-17)23-20(25(24)29)15-18(30-3)16-22(23)31-4/h6-16,24H,5H2,1-4H3/t24-,26?,27+,28?/m0/s1. The van der Waals surface area contributed by atoms with E-state index in [1.807, 2.05) is 12.1 Å². The highest BCUT2D eigenvalue weighted by Crippen LogP contribution is 2.92. The first-order valence-electron chi connectivity index (χ1n) is 11.0. The number of Topliss-reactive ketones (excluding diaryl/α,β-unsaturated/α-hetero) is 1. The second kappa shape index (κ2) is 5.79. The lowest BCUT2D eigenvalue weighted by Crippen LogP contribution is -2.38. The van der Waals surface area contributed by atoms with Crippen LogP contribution in [0.4, 0.5) is 0 Å². The Kier molecular flexibility index (Phi) is 3.49. The summed E-state index contributed by atoms with van der Waals surface area (Å²) in [5.74, 6) is 1.43. The van der Waals surface area contributed by atoms with E-state index in [-0.39, 0.29) is 27.9 Å². The van der Waals surface area contributed by atoms with Gasteiger partial charge in [0.1, 0.15) is 11.5 Å². The molecule has 3 aliphatic rings. The molecule has 0 N–H and O–H groups in total. The Morgan fingerprint density at radius 2 is 1.65 bits per heavy atom. The van der Waals surface area contributed by atoms with Gasteiger partial charge in [0.05, 0.1) is 20.1 Å². The number of carbonyl (C=O) groups excluding carboxylic acids is 1. The first kappa shape index (κ1) is 18.7. The van der Waals surface area contributed by atoms with Crippen LogP contribution in [0.25, 0.3) is 0 Å². The molecule has 1 fully saturated rings. The van der Waals surface area contributed by atoms with Gasteiger partial charge in [0, 0.05) is 33.4 Å². The summed E-state index contributed by atoms with van der Waals surface area (Å²) in [6.07, 6.45) is 0.915. The van der Waals surface area contributed by atoms with Crippen molar-refractivity contribution in [2.24, 2.45) is 5.41 Å². The Bertz CT molecular complexity index is 1250. The molecule has 6 rings (SSSR count). The molecule has 0 radical (unpaired) electrons. The molecule has 156 valence electrons. The van der Waals surface area contributed by atoms with Gasteiger partial charge in [0.15, 0.2) is 5.78 Å². The van der Waals surface area contributed by atoms with Gasteiger partial charge in [-0.05, 0) is 29.2 Å². The van der Waals surface area contributed by atoms with Crippen LogP contribution in [0.3, 0.4) is 0 Å². The predicted molar refractivity (Wildman–Crippen MR) is 120 cm³/mol. The average Bonchev–Trinajstić information content (AvgIpc) is 3.23. The quantitative estimate of drug-likeness (QED) is 0.557. The number of fused-ring (bicyclic) bond motifs is 6. The van der Waals surface area contributed by atoms with Gasteiger partial charge in [-0.25, -0.2) is 0 Å². The molecule has 3 nitrogen and oxygen atoms in total. The maximum Gasteiger partial charge on any atom is 0.171 e. The summed E-state index contributed by atoms with van der Waals surface area (Å²) in [4.78, 5) is 14.2. The number of ether oxygens (including phenoxy) is 2. The molecule has 3 aliphatic carbocycles. The Hall–Kier alpha value is -3.07. The molecule has 0 bridgehead atoms. The van der Waals surface area contributed by atoms with E-state index < -0.39 is 0 Å². The molecule has 0 amide bonds. The summed E-state index contributed by atoms with van der Waals surface area (Å²) < 4.78 is 11.5. The third-order valence-electron chi connectivity index (χ3n) is 8.75. The second-order valence-electron chi connectivity index (χ2n) is 9.20. The minimum atomic E-state index is -0.324. The largest absolute Gasteiger partial charge is 0.497 e. The number of methoxy groups -OCH3 is 2. The highest BCUT2D eigenvalue weighted by molar-refractivity contribution is 6.10. The lowest BCUT2D eigenvalue weighted by Gasteiger charge is -2.39. The molecule has 0 heterocycles.